The van der Waals surface area contributed by atoms with Gasteiger partial charge >= 0.3 is 0 Å². The van der Waals surface area contributed by atoms with E-state index in [1.807, 2.05) is 11.8 Å². The number of carbonyl (C=O) groups excluding carboxylic acids is 3. The molecule has 1 N–H and O–H groups in total. The van der Waals surface area contributed by atoms with Gasteiger partial charge in [-0.2, -0.15) is 0 Å². The van der Waals surface area contributed by atoms with Crippen molar-refractivity contribution in [1.82, 2.24) is 15.1 Å². The molecule has 2 aliphatic rings. The summed E-state index contributed by atoms with van der Waals surface area (Å²) in [7, 11) is 0. The van der Waals surface area contributed by atoms with Gasteiger partial charge in [-0.3, -0.25) is 14.4 Å². The Kier molecular flexibility index (Phi) is 6.24. The summed E-state index contributed by atoms with van der Waals surface area (Å²) < 4.78 is 0. The van der Waals surface area contributed by atoms with Gasteiger partial charge in [-0.05, 0) is 38.5 Å². The van der Waals surface area contributed by atoms with Crippen LogP contribution in [0.1, 0.15) is 59.3 Å². The summed E-state index contributed by atoms with van der Waals surface area (Å²) in [6, 6.07) is 0. The van der Waals surface area contributed by atoms with Crippen LogP contribution in [0.15, 0.2) is 0 Å². The molecule has 2 heterocycles. The molecule has 0 aromatic heterocycles. The molecular weight excluding hydrogens is 306 g/mol. The second kappa shape index (κ2) is 7.99. The van der Waals surface area contributed by atoms with E-state index >= 15 is 0 Å². The van der Waals surface area contributed by atoms with Crippen LogP contribution in [0.25, 0.3) is 0 Å². The lowest BCUT2D eigenvalue weighted by atomic mass is 9.97. The first kappa shape index (κ1) is 18.7. The van der Waals surface area contributed by atoms with Crippen molar-refractivity contribution in [2.75, 3.05) is 26.2 Å². The Morgan fingerprint density at radius 2 is 1.96 bits per heavy atom. The van der Waals surface area contributed by atoms with Crippen LogP contribution in [-0.4, -0.2) is 59.2 Å². The molecule has 24 heavy (non-hydrogen) atoms. The Balaban J connectivity index is 1.87. The second-order valence-corrected chi connectivity index (χ2v) is 7.60. The molecule has 0 spiro atoms. The average molecular weight is 337 g/mol. The van der Waals surface area contributed by atoms with Gasteiger partial charge in [0.1, 0.15) is 5.54 Å². The molecule has 2 rings (SSSR count). The van der Waals surface area contributed by atoms with Crippen molar-refractivity contribution in [3.63, 3.8) is 0 Å². The normalized spacial score (nSPS) is 24.3. The number of nitrogens with zero attached hydrogens (tertiary/aromatic N) is 2. The van der Waals surface area contributed by atoms with Gasteiger partial charge in [0.2, 0.25) is 17.7 Å². The molecule has 0 bridgehead atoms. The first-order valence-electron chi connectivity index (χ1n) is 9.21. The summed E-state index contributed by atoms with van der Waals surface area (Å²) in [4.78, 5) is 40.1. The van der Waals surface area contributed by atoms with Crippen LogP contribution in [0.4, 0.5) is 0 Å². The quantitative estimate of drug-likeness (QED) is 0.730. The zero-order valence-corrected chi connectivity index (χ0v) is 15.3. The van der Waals surface area contributed by atoms with E-state index in [4.69, 9.17) is 0 Å². The minimum absolute atomic E-state index is 0.0456. The third kappa shape index (κ3) is 4.28. The second-order valence-electron chi connectivity index (χ2n) is 7.60. The predicted molar refractivity (Wildman–Crippen MR) is 92.2 cm³/mol. The number of rotatable bonds is 8. The first-order valence-corrected chi connectivity index (χ1v) is 9.21. The zero-order valence-electron chi connectivity index (χ0n) is 15.3. The number of nitrogens with one attached hydrogen (secondary N) is 1. The lowest BCUT2D eigenvalue weighted by Gasteiger charge is -2.34. The average Bonchev–Trinajstić information content (AvgIpc) is 3.05. The van der Waals surface area contributed by atoms with E-state index in [0.29, 0.717) is 44.8 Å². The fourth-order valence-corrected chi connectivity index (χ4v) is 3.53. The lowest BCUT2D eigenvalue weighted by Crippen LogP contribution is -2.55. The number of hydrogen-bond acceptors (Lipinski definition) is 3. The Labute approximate surface area is 144 Å². The molecule has 1 atom stereocenters. The smallest absolute Gasteiger partial charge is 0.245 e. The van der Waals surface area contributed by atoms with Crippen molar-refractivity contribution in [2.45, 2.75) is 64.8 Å². The fraction of sp³-hybridized carbons (Fsp3) is 0.833. The van der Waals surface area contributed by atoms with Gasteiger partial charge in [0.05, 0.1) is 0 Å². The molecule has 6 heteroatoms. The van der Waals surface area contributed by atoms with Crippen LogP contribution in [0, 0.1) is 5.92 Å². The van der Waals surface area contributed by atoms with E-state index in [1.54, 1.807) is 4.90 Å². The molecular formula is C18H31N3O3. The minimum atomic E-state index is -0.747. The van der Waals surface area contributed by atoms with Crippen LogP contribution >= 0.6 is 0 Å². The Morgan fingerprint density at radius 1 is 1.21 bits per heavy atom. The molecule has 6 nitrogen and oxygen atoms in total. The molecule has 2 saturated heterocycles. The van der Waals surface area contributed by atoms with Gasteiger partial charge in [-0.1, -0.05) is 13.8 Å². The maximum atomic E-state index is 12.6. The zero-order chi connectivity index (χ0) is 17.7. The van der Waals surface area contributed by atoms with Crippen molar-refractivity contribution in [2.24, 2.45) is 5.92 Å². The molecule has 0 saturated carbocycles. The van der Waals surface area contributed by atoms with Gasteiger partial charge in [0, 0.05) is 39.0 Å². The van der Waals surface area contributed by atoms with Crippen LogP contribution < -0.4 is 5.32 Å². The van der Waals surface area contributed by atoms with Crippen LogP contribution in [0.3, 0.4) is 0 Å². The van der Waals surface area contributed by atoms with Gasteiger partial charge < -0.3 is 15.1 Å². The van der Waals surface area contributed by atoms with Gasteiger partial charge in [0.15, 0.2) is 0 Å². The molecule has 0 unspecified atom stereocenters. The van der Waals surface area contributed by atoms with Crippen molar-refractivity contribution in [1.29, 1.82) is 0 Å². The van der Waals surface area contributed by atoms with Gasteiger partial charge in [0.25, 0.3) is 0 Å². The van der Waals surface area contributed by atoms with Crippen LogP contribution in [0.2, 0.25) is 0 Å². The third-order valence-electron chi connectivity index (χ3n) is 5.20. The van der Waals surface area contributed by atoms with E-state index < -0.39 is 5.54 Å². The molecule has 3 amide bonds. The summed E-state index contributed by atoms with van der Waals surface area (Å²) in [5.41, 5.74) is -0.747. The summed E-state index contributed by atoms with van der Waals surface area (Å²) in [5.74, 6) is 0.741. The summed E-state index contributed by atoms with van der Waals surface area (Å²) in [5, 5.41) is 2.99. The molecule has 0 aromatic carbocycles. The largest absolute Gasteiger partial charge is 0.354 e. The molecule has 136 valence electrons. The highest BCUT2D eigenvalue weighted by molar-refractivity contribution is 5.94. The van der Waals surface area contributed by atoms with Crippen LogP contribution in [-0.2, 0) is 14.4 Å². The summed E-state index contributed by atoms with van der Waals surface area (Å²) in [6.45, 7) is 8.79. The Hall–Kier alpha value is -1.59. The minimum Gasteiger partial charge on any atom is -0.354 e. The monoisotopic (exact) mass is 337 g/mol. The van der Waals surface area contributed by atoms with Crippen LogP contribution in [0.5, 0.6) is 0 Å². The van der Waals surface area contributed by atoms with E-state index in [2.05, 4.69) is 19.2 Å². The first-order chi connectivity index (χ1) is 11.3. The predicted octanol–water partition coefficient (Wildman–Crippen LogP) is 1.54. The summed E-state index contributed by atoms with van der Waals surface area (Å²) >= 11 is 0. The van der Waals surface area contributed by atoms with E-state index in [9.17, 15) is 14.4 Å². The number of hydrogen-bond donors (Lipinski definition) is 1. The molecule has 0 radical (unpaired) electrons. The van der Waals surface area contributed by atoms with Gasteiger partial charge in [-0.15, -0.1) is 0 Å². The van der Waals surface area contributed by atoms with E-state index in [1.165, 1.54) is 0 Å². The molecule has 0 aromatic rings. The van der Waals surface area contributed by atoms with Crippen molar-refractivity contribution < 1.29 is 14.4 Å². The fourth-order valence-electron chi connectivity index (χ4n) is 3.53. The maximum Gasteiger partial charge on any atom is 0.245 e. The van der Waals surface area contributed by atoms with Crippen molar-refractivity contribution in [3.05, 3.63) is 0 Å². The maximum absolute atomic E-state index is 12.6. The molecule has 2 aliphatic heterocycles. The number of carbonyl (C=O) groups is 3. The SMILES string of the molecule is CC(C)CCNC(=O)[C@@]1(C)CCC(=O)N1CCCN1CCCC1=O. The summed E-state index contributed by atoms with van der Waals surface area (Å²) in [6.07, 6.45) is 4.23. The number of likely N-dealkylation sites (tertiary alicyclic amines) is 2. The lowest BCUT2D eigenvalue weighted by molar-refractivity contribution is -0.140. The molecule has 2 fully saturated rings. The topological polar surface area (TPSA) is 69.7 Å². The molecule has 0 aliphatic carbocycles. The van der Waals surface area contributed by atoms with Crippen molar-refractivity contribution in [3.8, 4) is 0 Å². The third-order valence-corrected chi connectivity index (χ3v) is 5.20. The van der Waals surface area contributed by atoms with E-state index in [0.717, 1.165) is 25.8 Å². The van der Waals surface area contributed by atoms with Crippen molar-refractivity contribution >= 4 is 17.7 Å². The highest BCUT2D eigenvalue weighted by atomic mass is 16.2. The highest BCUT2D eigenvalue weighted by Crippen LogP contribution is 2.30. The standard InChI is InChI=1S/C18H31N3O3/c1-14(2)8-10-19-17(24)18(3)9-7-16(23)21(18)13-5-12-20-11-4-6-15(20)22/h14H,4-13H2,1-3H3,(H,19,24)/t18-/m1/s1. The highest BCUT2D eigenvalue weighted by Gasteiger charge is 2.46. The number of amides is 3. The Morgan fingerprint density at radius 3 is 2.58 bits per heavy atom. The van der Waals surface area contributed by atoms with Gasteiger partial charge in [-0.25, -0.2) is 0 Å². The van der Waals surface area contributed by atoms with E-state index in [-0.39, 0.29) is 17.7 Å². The Bertz CT molecular complexity index is 492.